The zero-order valence-electron chi connectivity index (χ0n) is 15.5. The number of hydrogen-bond donors (Lipinski definition) is 1. The summed E-state index contributed by atoms with van der Waals surface area (Å²) < 4.78 is 5.41. The van der Waals surface area contributed by atoms with E-state index in [9.17, 15) is 4.79 Å². The number of amides is 1. The zero-order chi connectivity index (χ0) is 19.1. The molecule has 3 rings (SSSR count). The Morgan fingerprint density at radius 3 is 2.81 bits per heavy atom. The van der Waals surface area contributed by atoms with Gasteiger partial charge in [0.25, 0.3) is 5.91 Å². The quantitative estimate of drug-likeness (QED) is 0.522. The van der Waals surface area contributed by atoms with Crippen LogP contribution in [0, 0.1) is 6.92 Å². The molecule has 140 valence electrons. The maximum Gasteiger partial charge on any atom is 0.252 e. The van der Waals surface area contributed by atoms with E-state index in [-0.39, 0.29) is 5.91 Å². The van der Waals surface area contributed by atoms with E-state index in [1.165, 1.54) is 11.1 Å². The molecule has 1 heterocycles. The van der Waals surface area contributed by atoms with E-state index in [4.69, 9.17) is 4.74 Å². The number of rotatable bonds is 8. The lowest BCUT2D eigenvalue weighted by molar-refractivity contribution is 0.0951. The molecule has 1 aromatic heterocycles. The van der Waals surface area contributed by atoms with E-state index in [0.29, 0.717) is 6.54 Å². The molecule has 0 aliphatic carbocycles. The summed E-state index contributed by atoms with van der Waals surface area (Å²) in [7, 11) is 1.67. The molecule has 0 spiro atoms. The molecule has 0 aliphatic rings. The second-order valence-electron chi connectivity index (χ2n) is 6.24. The van der Waals surface area contributed by atoms with Gasteiger partial charge in [-0.25, -0.2) is 0 Å². The van der Waals surface area contributed by atoms with Crippen molar-refractivity contribution >= 4 is 29.0 Å². The van der Waals surface area contributed by atoms with Gasteiger partial charge in [-0.05, 0) is 59.5 Å². The highest BCUT2D eigenvalue weighted by Crippen LogP contribution is 2.27. The highest BCUT2D eigenvalue weighted by molar-refractivity contribution is 7.98. The smallest absolute Gasteiger partial charge is 0.252 e. The van der Waals surface area contributed by atoms with Crippen molar-refractivity contribution in [2.24, 2.45) is 0 Å². The summed E-state index contributed by atoms with van der Waals surface area (Å²) in [5.74, 6) is 1.70. The molecule has 0 saturated carbocycles. The van der Waals surface area contributed by atoms with Gasteiger partial charge in [-0.1, -0.05) is 29.8 Å². The van der Waals surface area contributed by atoms with Gasteiger partial charge in [0.1, 0.15) is 5.75 Å². The number of carbonyl (C=O) groups excluding carboxylic acids is 1. The number of nitrogens with one attached hydrogen (secondary N) is 1. The molecule has 0 aliphatic heterocycles. The lowest BCUT2D eigenvalue weighted by atomic mass is 10.1. The van der Waals surface area contributed by atoms with Crippen LogP contribution in [-0.2, 0) is 12.2 Å². The molecule has 0 unspecified atom stereocenters. The van der Waals surface area contributed by atoms with Gasteiger partial charge in [0.15, 0.2) is 0 Å². The maximum atomic E-state index is 12.7. The zero-order valence-corrected chi connectivity index (χ0v) is 17.2. The van der Waals surface area contributed by atoms with Gasteiger partial charge in [0, 0.05) is 17.2 Å². The minimum atomic E-state index is -0.0324. The standard InChI is InChI=1S/C22H23NO2S2/c1-16-7-8-20(25-2)18(13-16)9-11-23-22(24)19-5-3-4-6-21(19)27-15-17-10-12-26-14-17/h3-8,10,12-14H,9,11,15H2,1-2H3,(H,23,24). The second kappa shape index (κ2) is 9.62. The summed E-state index contributed by atoms with van der Waals surface area (Å²) in [5, 5.41) is 7.27. The van der Waals surface area contributed by atoms with Crippen LogP contribution < -0.4 is 10.1 Å². The number of benzene rings is 2. The largest absolute Gasteiger partial charge is 0.496 e. The maximum absolute atomic E-state index is 12.7. The van der Waals surface area contributed by atoms with Crippen molar-refractivity contribution in [2.45, 2.75) is 24.0 Å². The van der Waals surface area contributed by atoms with Gasteiger partial charge in [-0.2, -0.15) is 11.3 Å². The predicted octanol–water partition coefficient (Wildman–Crippen LogP) is 5.33. The summed E-state index contributed by atoms with van der Waals surface area (Å²) in [6, 6.07) is 16.0. The van der Waals surface area contributed by atoms with Crippen molar-refractivity contribution < 1.29 is 9.53 Å². The molecule has 0 radical (unpaired) electrons. The molecule has 3 nitrogen and oxygen atoms in total. The van der Waals surface area contributed by atoms with E-state index in [1.54, 1.807) is 30.2 Å². The molecular weight excluding hydrogens is 374 g/mol. The van der Waals surface area contributed by atoms with Crippen LogP contribution in [0.3, 0.4) is 0 Å². The van der Waals surface area contributed by atoms with Crippen molar-refractivity contribution in [3.8, 4) is 5.75 Å². The average Bonchev–Trinajstić information content (AvgIpc) is 3.20. The first-order chi connectivity index (χ1) is 13.2. The fourth-order valence-electron chi connectivity index (χ4n) is 2.82. The first kappa shape index (κ1) is 19.5. The van der Waals surface area contributed by atoms with E-state index < -0.39 is 0 Å². The Kier molecular flexibility index (Phi) is 6.96. The second-order valence-corrected chi connectivity index (χ2v) is 8.03. The van der Waals surface area contributed by atoms with Crippen molar-refractivity contribution in [3.05, 3.63) is 81.5 Å². The molecule has 1 N–H and O–H groups in total. The van der Waals surface area contributed by atoms with Crippen LogP contribution in [0.2, 0.25) is 0 Å². The average molecular weight is 398 g/mol. The van der Waals surface area contributed by atoms with Crippen LogP contribution in [0.5, 0.6) is 5.75 Å². The van der Waals surface area contributed by atoms with E-state index in [1.807, 2.05) is 36.4 Å². The molecule has 0 atom stereocenters. The third-order valence-corrected chi connectivity index (χ3v) is 6.10. The van der Waals surface area contributed by atoms with Gasteiger partial charge in [-0.3, -0.25) is 4.79 Å². The van der Waals surface area contributed by atoms with Crippen LogP contribution in [0.25, 0.3) is 0 Å². The molecule has 1 amide bonds. The number of thiophene rings is 1. The van der Waals surface area contributed by atoms with E-state index >= 15 is 0 Å². The number of carbonyl (C=O) groups is 1. The number of aryl methyl sites for hydroxylation is 1. The molecule has 0 bridgehead atoms. The van der Waals surface area contributed by atoms with Crippen LogP contribution >= 0.6 is 23.1 Å². The van der Waals surface area contributed by atoms with E-state index in [0.717, 1.165) is 33.9 Å². The first-order valence-electron chi connectivity index (χ1n) is 8.82. The third kappa shape index (κ3) is 5.37. The lowest BCUT2D eigenvalue weighted by Crippen LogP contribution is -2.26. The monoisotopic (exact) mass is 397 g/mol. The molecule has 2 aromatic carbocycles. The first-order valence-corrected chi connectivity index (χ1v) is 10.7. The van der Waals surface area contributed by atoms with Gasteiger partial charge < -0.3 is 10.1 Å². The lowest BCUT2D eigenvalue weighted by Gasteiger charge is -2.12. The minimum Gasteiger partial charge on any atom is -0.496 e. The van der Waals surface area contributed by atoms with Crippen molar-refractivity contribution in [1.29, 1.82) is 0 Å². The Balaban J connectivity index is 1.60. The summed E-state index contributed by atoms with van der Waals surface area (Å²) in [6.07, 6.45) is 0.737. The van der Waals surface area contributed by atoms with Crippen molar-refractivity contribution in [1.82, 2.24) is 5.32 Å². The number of thioether (sulfide) groups is 1. The van der Waals surface area contributed by atoms with Crippen LogP contribution in [0.15, 0.2) is 64.2 Å². The van der Waals surface area contributed by atoms with E-state index in [2.05, 4.69) is 35.1 Å². The fourth-order valence-corrected chi connectivity index (χ4v) is 4.59. The van der Waals surface area contributed by atoms with Gasteiger partial charge >= 0.3 is 0 Å². The summed E-state index contributed by atoms with van der Waals surface area (Å²) in [6.45, 7) is 2.63. The predicted molar refractivity (Wildman–Crippen MR) is 114 cm³/mol. The van der Waals surface area contributed by atoms with Gasteiger partial charge in [0.05, 0.1) is 12.7 Å². The Labute approximate surface area is 168 Å². The Bertz CT molecular complexity index is 891. The minimum absolute atomic E-state index is 0.0324. The highest BCUT2D eigenvalue weighted by atomic mass is 32.2. The van der Waals surface area contributed by atoms with Crippen LogP contribution in [-0.4, -0.2) is 19.6 Å². The summed E-state index contributed by atoms with van der Waals surface area (Å²) in [4.78, 5) is 13.7. The fraction of sp³-hybridized carbons (Fsp3) is 0.227. The molecule has 27 heavy (non-hydrogen) atoms. The van der Waals surface area contributed by atoms with Crippen molar-refractivity contribution in [2.75, 3.05) is 13.7 Å². The Hall–Kier alpha value is -2.24. The molecule has 5 heteroatoms. The number of hydrogen-bond acceptors (Lipinski definition) is 4. The highest BCUT2D eigenvalue weighted by Gasteiger charge is 2.12. The Morgan fingerprint density at radius 2 is 2.04 bits per heavy atom. The SMILES string of the molecule is COc1ccc(C)cc1CCNC(=O)c1ccccc1SCc1ccsc1. The normalized spacial score (nSPS) is 10.6. The summed E-state index contributed by atoms with van der Waals surface area (Å²) in [5.41, 5.74) is 4.31. The van der Waals surface area contributed by atoms with Crippen LogP contribution in [0.4, 0.5) is 0 Å². The topological polar surface area (TPSA) is 38.3 Å². The molecular formula is C22H23NO2S2. The molecule has 3 aromatic rings. The van der Waals surface area contributed by atoms with Gasteiger partial charge in [0.2, 0.25) is 0 Å². The Morgan fingerprint density at radius 1 is 1.19 bits per heavy atom. The number of ether oxygens (including phenoxy) is 1. The number of methoxy groups -OCH3 is 1. The van der Waals surface area contributed by atoms with Crippen LogP contribution in [0.1, 0.15) is 27.0 Å². The summed E-state index contributed by atoms with van der Waals surface area (Å²) >= 11 is 3.39. The van der Waals surface area contributed by atoms with Gasteiger partial charge in [-0.15, -0.1) is 11.8 Å². The molecule has 0 fully saturated rings. The third-order valence-electron chi connectivity index (χ3n) is 4.22. The van der Waals surface area contributed by atoms with Crippen molar-refractivity contribution in [3.63, 3.8) is 0 Å². The molecule has 0 saturated heterocycles.